The second kappa shape index (κ2) is 3.95. The van der Waals surface area contributed by atoms with Crippen LogP contribution in [0.25, 0.3) is 5.82 Å². The number of anilines is 1. The van der Waals surface area contributed by atoms with Gasteiger partial charge in [-0.1, -0.05) is 0 Å². The summed E-state index contributed by atoms with van der Waals surface area (Å²) in [5.41, 5.74) is 6.24. The summed E-state index contributed by atoms with van der Waals surface area (Å²) in [7, 11) is 0. The number of nitrogens with zero attached hydrogens (tertiary/aromatic N) is 4. The molecular weight excluding hydrogens is 194 g/mol. The third kappa shape index (κ3) is 1.74. The number of nitrogen functional groups attached to an aromatic ring is 1. The maximum absolute atomic E-state index is 5.85. The molecule has 0 amide bonds. The summed E-state index contributed by atoms with van der Waals surface area (Å²) in [6.07, 6.45) is 4.81. The van der Waals surface area contributed by atoms with Gasteiger partial charge in [0.05, 0.1) is 6.61 Å². The number of aromatic nitrogens is 4. The van der Waals surface area contributed by atoms with Crippen molar-refractivity contribution in [3.05, 3.63) is 24.8 Å². The monoisotopic (exact) mass is 205 g/mol. The Kier molecular flexibility index (Phi) is 2.49. The molecule has 0 saturated heterocycles. The Morgan fingerprint density at radius 3 is 3.00 bits per heavy atom. The van der Waals surface area contributed by atoms with Gasteiger partial charge < -0.3 is 10.5 Å². The summed E-state index contributed by atoms with van der Waals surface area (Å²) in [4.78, 5) is 7.99. The van der Waals surface area contributed by atoms with Crippen LogP contribution < -0.4 is 10.5 Å². The Morgan fingerprint density at radius 2 is 2.33 bits per heavy atom. The minimum atomic E-state index is 0.387. The Labute approximate surface area is 86.7 Å². The van der Waals surface area contributed by atoms with E-state index in [1.165, 1.54) is 6.33 Å². The average molecular weight is 205 g/mol. The minimum absolute atomic E-state index is 0.387. The molecule has 0 atom stereocenters. The minimum Gasteiger partial charge on any atom is -0.476 e. The summed E-state index contributed by atoms with van der Waals surface area (Å²) >= 11 is 0. The predicted molar refractivity (Wildman–Crippen MR) is 54.7 cm³/mol. The van der Waals surface area contributed by atoms with Gasteiger partial charge in [-0.15, -0.1) is 0 Å². The maximum atomic E-state index is 5.85. The molecule has 0 unspecified atom stereocenters. The maximum Gasteiger partial charge on any atom is 0.242 e. The molecule has 2 N–H and O–H groups in total. The van der Waals surface area contributed by atoms with Gasteiger partial charge in [-0.25, -0.2) is 9.67 Å². The molecule has 0 aliphatic rings. The number of hydrogen-bond donors (Lipinski definition) is 1. The van der Waals surface area contributed by atoms with Crippen molar-refractivity contribution in [2.75, 3.05) is 12.3 Å². The van der Waals surface area contributed by atoms with Gasteiger partial charge in [0.2, 0.25) is 5.88 Å². The third-order valence-corrected chi connectivity index (χ3v) is 1.83. The van der Waals surface area contributed by atoms with E-state index in [4.69, 9.17) is 10.5 Å². The van der Waals surface area contributed by atoms with Crippen molar-refractivity contribution in [3.63, 3.8) is 0 Å². The van der Waals surface area contributed by atoms with Crippen molar-refractivity contribution in [2.24, 2.45) is 0 Å². The largest absolute Gasteiger partial charge is 0.476 e. The van der Waals surface area contributed by atoms with Gasteiger partial charge in [0.1, 0.15) is 12.0 Å². The van der Waals surface area contributed by atoms with Crippen LogP contribution in [0.4, 0.5) is 5.69 Å². The fraction of sp³-hybridized carbons (Fsp3) is 0.222. The van der Waals surface area contributed by atoms with Crippen LogP contribution in [-0.4, -0.2) is 26.4 Å². The predicted octanol–water partition coefficient (Wildman–Crippen LogP) is 0.643. The second-order valence-corrected chi connectivity index (χ2v) is 2.80. The molecule has 2 heterocycles. The Balaban J connectivity index is 2.45. The first-order valence-electron chi connectivity index (χ1n) is 4.56. The van der Waals surface area contributed by atoms with Gasteiger partial charge in [0.25, 0.3) is 0 Å². The van der Waals surface area contributed by atoms with Crippen LogP contribution in [0, 0.1) is 0 Å². The Bertz CT molecular complexity index is 440. The fourth-order valence-electron chi connectivity index (χ4n) is 1.20. The lowest BCUT2D eigenvalue weighted by Gasteiger charge is -2.08. The van der Waals surface area contributed by atoms with E-state index in [0.29, 0.717) is 24.0 Å². The highest BCUT2D eigenvalue weighted by molar-refractivity contribution is 5.59. The van der Waals surface area contributed by atoms with Crippen molar-refractivity contribution < 1.29 is 4.74 Å². The van der Waals surface area contributed by atoms with Gasteiger partial charge in [-0.05, 0) is 13.0 Å². The van der Waals surface area contributed by atoms with Crippen molar-refractivity contribution in [2.45, 2.75) is 6.92 Å². The highest BCUT2D eigenvalue weighted by atomic mass is 16.5. The number of hydrogen-bond acceptors (Lipinski definition) is 5. The molecule has 0 bridgehead atoms. The van der Waals surface area contributed by atoms with E-state index in [9.17, 15) is 0 Å². The summed E-state index contributed by atoms with van der Waals surface area (Å²) < 4.78 is 6.83. The molecule has 2 aromatic rings. The van der Waals surface area contributed by atoms with Crippen LogP contribution in [0.3, 0.4) is 0 Å². The molecule has 6 heteroatoms. The van der Waals surface area contributed by atoms with Gasteiger partial charge in [0, 0.05) is 12.4 Å². The topological polar surface area (TPSA) is 78.9 Å². The first-order chi connectivity index (χ1) is 7.33. The average Bonchev–Trinajstić information content (AvgIpc) is 2.74. The van der Waals surface area contributed by atoms with Gasteiger partial charge in [-0.3, -0.25) is 0 Å². The first kappa shape index (κ1) is 9.45. The molecule has 2 aromatic heterocycles. The van der Waals surface area contributed by atoms with E-state index >= 15 is 0 Å². The van der Waals surface area contributed by atoms with Crippen molar-refractivity contribution in [3.8, 4) is 11.7 Å². The van der Waals surface area contributed by atoms with Crippen LogP contribution in [0.1, 0.15) is 6.92 Å². The molecule has 0 fully saturated rings. The molecular formula is C9H11N5O. The molecule has 0 radical (unpaired) electrons. The van der Waals surface area contributed by atoms with Crippen LogP contribution in [0.5, 0.6) is 5.88 Å². The lowest BCUT2D eigenvalue weighted by Crippen LogP contribution is -2.07. The highest BCUT2D eigenvalue weighted by Gasteiger charge is 2.10. The molecule has 0 spiro atoms. The van der Waals surface area contributed by atoms with Gasteiger partial charge in [0.15, 0.2) is 5.82 Å². The molecule has 78 valence electrons. The number of rotatable bonds is 3. The SMILES string of the molecule is CCOc1ncnc(-n2cccn2)c1N. The lowest BCUT2D eigenvalue weighted by molar-refractivity contribution is 0.328. The van der Waals surface area contributed by atoms with Crippen molar-refractivity contribution >= 4 is 5.69 Å². The van der Waals surface area contributed by atoms with E-state index in [0.717, 1.165) is 0 Å². The van der Waals surface area contributed by atoms with Crippen molar-refractivity contribution in [1.82, 2.24) is 19.7 Å². The standard InChI is InChI=1S/C9H11N5O/c1-2-15-9-7(10)8(11-6-12-9)14-5-3-4-13-14/h3-6H,2,10H2,1H3. The Morgan fingerprint density at radius 1 is 1.47 bits per heavy atom. The van der Waals surface area contributed by atoms with Crippen LogP contribution >= 0.6 is 0 Å². The zero-order chi connectivity index (χ0) is 10.7. The summed E-state index contributed by atoms with van der Waals surface area (Å²) in [6.45, 7) is 2.38. The van der Waals surface area contributed by atoms with Gasteiger partial charge >= 0.3 is 0 Å². The van der Waals surface area contributed by atoms with Crippen molar-refractivity contribution in [1.29, 1.82) is 0 Å². The normalized spacial score (nSPS) is 10.2. The summed E-state index contributed by atoms with van der Waals surface area (Å²) in [5.74, 6) is 0.913. The molecule has 0 aliphatic heterocycles. The molecule has 0 aromatic carbocycles. The van der Waals surface area contributed by atoms with E-state index in [-0.39, 0.29) is 0 Å². The highest BCUT2D eigenvalue weighted by Crippen LogP contribution is 2.22. The van der Waals surface area contributed by atoms with Crippen LogP contribution in [-0.2, 0) is 0 Å². The zero-order valence-corrected chi connectivity index (χ0v) is 8.29. The molecule has 2 rings (SSSR count). The quantitative estimate of drug-likeness (QED) is 0.795. The number of ether oxygens (including phenoxy) is 1. The van der Waals surface area contributed by atoms with E-state index in [1.54, 1.807) is 23.1 Å². The van der Waals surface area contributed by atoms with Crippen LogP contribution in [0.15, 0.2) is 24.8 Å². The Hall–Kier alpha value is -2.11. The molecule has 6 nitrogen and oxygen atoms in total. The molecule has 15 heavy (non-hydrogen) atoms. The number of nitrogens with two attached hydrogens (primary N) is 1. The first-order valence-corrected chi connectivity index (χ1v) is 4.56. The summed E-state index contributed by atoms with van der Waals surface area (Å²) in [6, 6.07) is 1.79. The van der Waals surface area contributed by atoms with E-state index < -0.39 is 0 Å². The van der Waals surface area contributed by atoms with E-state index in [2.05, 4.69) is 15.1 Å². The molecule has 0 aliphatic carbocycles. The smallest absolute Gasteiger partial charge is 0.242 e. The van der Waals surface area contributed by atoms with Crippen LogP contribution in [0.2, 0.25) is 0 Å². The third-order valence-electron chi connectivity index (χ3n) is 1.83. The summed E-state index contributed by atoms with van der Waals surface area (Å²) in [5, 5.41) is 4.04. The second-order valence-electron chi connectivity index (χ2n) is 2.80. The lowest BCUT2D eigenvalue weighted by atomic mass is 10.4. The zero-order valence-electron chi connectivity index (χ0n) is 8.29. The van der Waals surface area contributed by atoms with Gasteiger partial charge in [-0.2, -0.15) is 10.1 Å². The fourth-order valence-corrected chi connectivity index (χ4v) is 1.20. The van der Waals surface area contributed by atoms with E-state index in [1.807, 2.05) is 6.92 Å². The molecule has 0 saturated carbocycles.